The number of β-lactam (4-membered cyclic amide) rings is 1. The molecule has 3 unspecified atom stereocenters. The molecule has 3 N–H and O–H groups in total. The van der Waals surface area contributed by atoms with Crippen LogP contribution in [0, 0.1) is 0 Å². The van der Waals surface area contributed by atoms with Crippen molar-refractivity contribution in [2.75, 3.05) is 0 Å². The van der Waals surface area contributed by atoms with E-state index in [9.17, 15) is 19.5 Å². The number of aliphatic hydroxyl groups excluding tert-OH is 1. The van der Waals surface area contributed by atoms with Crippen molar-refractivity contribution in [2.45, 2.75) is 29.7 Å². The highest BCUT2D eigenvalue weighted by Crippen LogP contribution is 2.40. The van der Waals surface area contributed by atoms with Crippen LogP contribution >= 0.6 is 11.8 Å². The number of hydrogen-bond acceptors (Lipinski definition) is 5. The van der Waals surface area contributed by atoms with Crippen molar-refractivity contribution in [3.8, 4) is 0 Å². The van der Waals surface area contributed by atoms with Gasteiger partial charge in [-0.25, -0.2) is 4.79 Å². The van der Waals surface area contributed by atoms with Crippen LogP contribution in [-0.2, 0) is 14.4 Å². The van der Waals surface area contributed by atoms with Crippen LogP contribution in [0.15, 0.2) is 42.1 Å². The van der Waals surface area contributed by atoms with Gasteiger partial charge in [0, 0.05) is 11.4 Å². The number of rotatable bonds is 4. The summed E-state index contributed by atoms with van der Waals surface area (Å²) in [6, 6.07) is 7.66. The lowest BCUT2D eigenvalue weighted by Gasteiger charge is -2.48. The molecule has 0 spiro atoms. The number of benzene rings is 1. The van der Waals surface area contributed by atoms with Gasteiger partial charge in [0.05, 0.1) is 5.57 Å². The van der Waals surface area contributed by atoms with Crippen LogP contribution in [-0.4, -0.2) is 49.6 Å². The molecule has 1 aromatic rings. The zero-order valence-electron chi connectivity index (χ0n) is 12.7. The molecule has 1 aromatic carbocycles. The molecule has 2 aliphatic rings. The summed E-state index contributed by atoms with van der Waals surface area (Å²) < 4.78 is 0. The third kappa shape index (κ3) is 2.78. The first-order chi connectivity index (χ1) is 11.4. The molecule has 2 aliphatic heterocycles. The first kappa shape index (κ1) is 16.5. The summed E-state index contributed by atoms with van der Waals surface area (Å²) in [4.78, 5) is 36.8. The van der Waals surface area contributed by atoms with E-state index in [1.165, 1.54) is 22.9 Å². The Morgan fingerprint density at radius 1 is 1.29 bits per heavy atom. The number of hydrogen-bond donors (Lipinski definition) is 3. The predicted octanol–water partition coefficient (Wildman–Crippen LogP) is 0.477. The number of thioether (sulfide) groups is 1. The lowest BCUT2D eigenvalue weighted by atomic mass is 10.0. The number of amides is 2. The van der Waals surface area contributed by atoms with E-state index in [0.29, 0.717) is 5.56 Å². The van der Waals surface area contributed by atoms with Gasteiger partial charge in [-0.05, 0) is 12.5 Å². The normalized spacial score (nSPS) is 26.8. The molecule has 2 amide bonds. The summed E-state index contributed by atoms with van der Waals surface area (Å²) in [6.45, 7) is 1.74. The minimum Gasteiger partial charge on any atom is -0.478 e. The first-order valence-electron chi connectivity index (χ1n) is 7.36. The van der Waals surface area contributed by atoms with Crippen LogP contribution in [0.2, 0.25) is 0 Å². The maximum atomic E-state index is 12.2. The molecule has 0 aromatic heterocycles. The minimum absolute atomic E-state index is 0.152. The van der Waals surface area contributed by atoms with Gasteiger partial charge in [-0.3, -0.25) is 9.59 Å². The van der Waals surface area contributed by atoms with Gasteiger partial charge < -0.3 is 20.4 Å². The average molecular weight is 348 g/mol. The Hall–Kier alpha value is -2.32. The number of carbonyl (C=O) groups is 3. The van der Waals surface area contributed by atoms with Gasteiger partial charge in [0.1, 0.15) is 11.4 Å². The zero-order chi connectivity index (χ0) is 17.4. The molecule has 2 heterocycles. The maximum Gasteiger partial charge on any atom is 0.334 e. The van der Waals surface area contributed by atoms with Crippen LogP contribution in [0.4, 0.5) is 0 Å². The highest BCUT2D eigenvalue weighted by molar-refractivity contribution is 8.00. The standard InChI is InChI=1S/C16H16N2O5S/c1-8-10(16(22)23)7-18-14(21)11(15(18)24-8)17-13(20)12(19)9-5-3-2-4-6-9/h2-8,11-12,15,19H,1H3,(H,17,20)(H,22,23)/t8?,11?,12?,15-/m1/s1. The smallest absolute Gasteiger partial charge is 0.334 e. The van der Waals surface area contributed by atoms with E-state index in [2.05, 4.69) is 5.32 Å². The summed E-state index contributed by atoms with van der Waals surface area (Å²) in [7, 11) is 0. The van der Waals surface area contributed by atoms with E-state index in [-0.39, 0.29) is 22.1 Å². The van der Waals surface area contributed by atoms with Crippen LogP contribution in [0.5, 0.6) is 0 Å². The van der Waals surface area contributed by atoms with E-state index in [1.807, 2.05) is 0 Å². The highest BCUT2D eigenvalue weighted by Gasteiger charge is 2.51. The van der Waals surface area contributed by atoms with Crippen molar-refractivity contribution in [1.82, 2.24) is 10.2 Å². The molecule has 0 saturated carbocycles. The summed E-state index contributed by atoms with van der Waals surface area (Å²) in [6.07, 6.45) is -0.0311. The Balaban J connectivity index is 1.69. The fourth-order valence-electron chi connectivity index (χ4n) is 2.69. The van der Waals surface area contributed by atoms with Crippen molar-refractivity contribution in [3.05, 3.63) is 47.7 Å². The molecular weight excluding hydrogens is 332 g/mol. The zero-order valence-corrected chi connectivity index (χ0v) is 13.6. The molecule has 1 saturated heterocycles. The molecule has 0 bridgehead atoms. The third-order valence-corrected chi connectivity index (χ3v) is 5.49. The summed E-state index contributed by atoms with van der Waals surface area (Å²) in [5.74, 6) is -2.10. The van der Waals surface area contributed by atoms with Gasteiger partial charge in [-0.15, -0.1) is 11.8 Å². The Kier molecular flexibility index (Phi) is 4.33. The molecule has 126 valence electrons. The van der Waals surface area contributed by atoms with Crippen molar-refractivity contribution in [2.24, 2.45) is 0 Å². The number of aliphatic hydroxyl groups is 1. The minimum atomic E-state index is -1.36. The van der Waals surface area contributed by atoms with Crippen molar-refractivity contribution >= 4 is 29.5 Å². The van der Waals surface area contributed by atoms with Crippen molar-refractivity contribution in [1.29, 1.82) is 0 Å². The molecule has 8 heteroatoms. The van der Waals surface area contributed by atoms with Crippen LogP contribution in [0.25, 0.3) is 0 Å². The van der Waals surface area contributed by atoms with Gasteiger partial charge in [-0.2, -0.15) is 0 Å². The lowest BCUT2D eigenvalue weighted by molar-refractivity contribution is -0.147. The van der Waals surface area contributed by atoms with Gasteiger partial charge in [0.25, 0.3) is 11.8 Å². The number of fused-ring (bicyclic) bond motifs is 1. The molecular formula is C16H16N2O5S. The topological polar surface area (TPSA) is 107 Å². The Morgan fingerprint density at radius 3 is 2.58 bits per heavy atom. The van der Waals surface area contributed by atoms with E-state index < -0.39 is 24.0 Å². The second kappa shape index (κ2) is 6.29. The monoisotopic (exact) mass is 348 g/mol. The van der Waals surface area contributed by atoms with E-state index in [0.717, 1.165) is 0 Å². The Bertz CT molecular complexity index is 720. The highest BCUT2D eigenvalue weighted by atomic mass is 32.2. The number of nitrogens with one attached hydrogen (secondary N) is 1. The molecule has 7 nitrogen and oxygen atoms in total. The molecule has 3 rings (SSSR count). The van der Waals surface area contributed by atoms with Gasteiger partial charge in [0.15, 0.2) is 6.10 Å². The van der Waals surface area contributed by atoms with Crippen molar-refractivity contribution in [3.63, 3.8) is 0 Å². The van der Waals surface area contributed by atoms with Gasteiger partial charge >= 0.3 is 5.97 Å². The van der Waals surface area contributed by atoms with Crippen molar-refractivity contribution < 1.29 is 24.6 Å². The van der Waals surface area contributed by atoms with Gasteiger partial charge in [-0.1, -0.05) is 30.3 Å². The number of carbonyl (C=O) groups excluding carboxylic acids is 2. The number of carboxylic acid groups (broad SMARTS) is 1. The molecule has 24 heavy (non-hydrogen) atoms. The second-order valence-corrected chi connectivity index (χ2v) is 7.07. The van der Waals surface area contributed by atoms with Crippen LogP contribution < -0.4 is 5.32 Å². The molecule has 0 radical (unpaired) electrons. The Morgan fingerprint density at radius 2 is 1.96 bits per heavy atom. The third-order valence-electron chi connectivity index (χ3n) is 4.05. The van der Waals surface area contributed by atoms with Crippen LogP contribution in [0.1, 0.15) is 18.6 Å². The number of nitrogens with zero attached hydrogens (tertiary/aromatic N) is 1. The SMILES string of the molecule is CC1S[C@@H]2C(NC(=O)C(O)c3ccccc3)C(=O)N2C=C1C(=O)O. The Labute approximate surface area is 142 Å². The number of carboxylic acids is 1. The first-order valence-corrected chi connectivity index (χ1v) is 8.30. The fraction of sp³-hybridized carbons (Fsp3) is 0.312. The summed E-state index contributed by atoms with van der Waals surface area (Å²) in [5.41, 5.74) is 0.593. The number of aliphatic carboxylic acids is 1. The lowest BCUT2D eigenvalue weighted by Crippen LogP contribution is -2.69. The van der Waals surface area contributed by atoms with Crippen LogP contribution in [0.3, 0.4) is 0 Å². The molecule has 4 atom stereocenters. The average Bonchev–Trinajstić information content (AvgIpc) is 2.58. The predicted molar refractivity (Wildman–Crippen MR) is 86.7 cm³/mol. The molecule has 0 aliphatic carbocycles. The quantitative estimate of drug-likeness (QED) is 0.683. The molecule has 1 fully saturated rings. The fourth-order valence-corrected chi connectivity index (χ4v) is 4.05. The maximum absolute atomic E-state index is 12.2. The van der Waals surface area contributed by atoms with Gasteiger partial charge in [0.2, 0.25) is 0 Å². The second-order valence-electron chi connectivity index (χ2n) is 5.60. The summed E-state index contributed by atoms with van der Waals surface area (Å²) in [5, 5.41) is 21.1. The summed E-state index contributed by atoms with van der Waals surface area (Å²) >= 11 is 1.29. The van der Waals surface area contributed by atoms with E-state index >= 15 is 0 Å². The van der Waals surface area contributed by atoms with E-state index in [1.54, 1.807) is 37.3 Å². The largest absolute Gasteiger partial charge is 0.478 e. The van der Waals surface area contributed by atoms with E-state index in [4.69, 9.17) is 5.11 Å².